The summed E-state index contributed by atoms with van der Waals surface area (Å²) >= 11 is 0. The first-order chi connectivity index (χ1) is 8.06. The van der Waals surface area contributed by atoms with E-state index in [2.05, 4.69) is 12.2 Å². The molecule has 0 bridgehead atoms. The van der Waals surface area contributed by atoms with Gasteiger partial charge >= 0.3 is 0 Å². The Hall–Kier alpha value is -1.51. The number of methoxy groups -OCH3 is 1. The minimum absolute atomic E-state index is 0.0622. The molecule has 0 saturated heterocycles. The normalized spacial score (nSPS) is 10.4. The highest BCUT2D eigenvalue weighted by Gasteiger charge is 2.07. The largest absolute Gasteiger partial charge is 0.496 e. The van der Waals surface area contributed by atoms with E-state index in [0.717, 1.165) is 23.4 Å². The standard InChI is InChI=1S/C14H21NO2/c1-5-11-9-12(6-7-13(11)17-4)15-14(16)8-10(2)3/h6-7,9-10H,5,8H2,1-4H3,(H,15,16). The van der Waals surface area contributed by atoms with Gasteiger partial charge in [-0.15, -0.1) is 0 Å². The first kappa shape index (κ1) is 13.6. The molecular formula is C14H21NO2. The Kier molecular flexibility index (Phi) is 5.01. The van der Waals surface area contributed by atoms with Crippen molar-refractivity contribution in [1.82, 2.24) is 0 Å². The minimum atomic E-state index is 0.0622. The lowest BCUT2D eigenvalue weighted by Crippen LogP contribution is -2.14. The summed E-state index contributed by atoms with van der Waals surface area (Å²) in [6, 6.07) is 5.73. The number of ether oxygens (including phenoxy) is 1. The van der Waals surface area contributed by atoms with Crippen LogP contribution >= 0.6 is 0 Å². The van der Waals surface area contributed by atoms with Gasteiger partial charge in [0.2, 0.25) is 5.91 Å². The summed E-state index contributed by atoms with van der Waals surface area (Å²) in [5.41, 5.74) is 1.95. The van der Waals surface area contributed by atoms with Crippen LogP contribution in [0.5, 0.6) is 5.75 Å². The molecule has 1 N–H and O–H groups in total. The Labute approximate surface area is 103 Å². The van der Waals surface area contributed by atoms with E-state index in [1.165, 1.54) is 0 Å². The van der Waals surface area contributed by atoms with Crippen LogP contribution in [0.15, 0.2) is 18.2 Å². The summed E-state index contributed by atoms with van der Waals surface area (Å²) in [5, 5.41) is 2.90. The van der Waals surface area contributed by atoms with Crippen LogP contribution in [0.3, 0.4) is 0 Å². The van der Waals surface area contributed by atoms with E-state index in [1.807, 2.05) is 32.0 Å². The Balaban J connectivity index is 2.75. The predicted molar refractivity (Wildman–Crippen MR) is 70.5 cm³/mol. The maximum Gasteiger partial charge on any atom is 0.224 e. The molecule has 0 aliphatic carbocycles. The first-order valence-corrected chi connectivity index (χ1v) is 6.03. The van der Waals surface area contributed by atoms with Crippen molar-refractivity contribution < 1.29 is 9.53 Å². The molecule has 0 aliphatic heterocycles. The Morgan fingerprint density at radius 3 is 2.65 bits per heavy atom. The van der Waals surface area contributed by atoms with Gasteiger partial charge in [0, 0.05) is 12.1 Å². The number of rotatable bonds is 5. The molecule has 94 valence electrons. The van der Waals surface area contributed by atoms with Crippen LogP contribution in [-0.4, -0.2) is 13.0 Å². The van der Waals surface area contributed by atoms with Crippen LogP contribution in [0, 0.1) is 5.92 Å². The van der Waals surface area contributed by atoms with E-state index < -0.39 is 0 Å². The fraction of sp³-hybridized carbons (Fsp3) is 0.500. The topological polar surface area (TPSA) is 38.3 Å². The summed E-state index contributed by atoms with van der Waals surface area (Å²) < 4.78 is 5.25. The summed E-state index contributed by atoms with van der Waals surface area (Å²) in [5.74, 6) is 1.31. The quantitative estimate of drug-likeness (QED) is 0.850. The highest BCUT2D eigenvalue weighted by Crippen LogP contribution is 2.23. The molecule has 0 aliphatic rings. The lowest BCUT2D eigenvalue weighted by atomic mass is 10.1. The summed E-state index contributed by atoms with van der Waals surface area (Å²) in [4.78, 5) is 11.6. The number of benzene rings is 1. The number of nitrogens with one attached hydrogen (secondary N) is 1. The second-order valence-corrected chi connectivity index (χ2v) is 4.53. The fourth-order valence-corrected chi connectivity index (χ4v) is 1.72. The third-order valence-corrected chi connectivity index (χ3v) is 2.54. The molecule has 0 heterocycles. The van der Waals surface area contributed by atoms with E-state index in [9.17, 15) is 4.79 Å². The van der Waals surface area contributed by atoms with Crippen molar-refractivity contribution in [2.24, 2.45) is 5.92 Å². The molecule has 0 unspecified atom stereocenters. The maximum absolute atomic E-state index is 11.6. The van der Waals surface area contributed by atoms with E-state index >= 15 is 0 Å². The number of anilines is 1. The Morgan fingerprint density at radius 2 is 2.12 bits per heavy atom. The number of carbonyl (C=O) groups excluding carboxylic acids is 1. The van der Waals surface area contributed by atoms with E-state index in [-0.39, 0.29) is 5.91 Å². The van der Waals surface area contributed by atoms with Crippen molar-refractivity contribution in [2.75, 3.05) is 12.4 Å². The van der Waals surface area contributed by atoms with Crippen LogP contribution in [-0.2, 0) is 11.2 Å². The van der Waals surface area contributed by atoms with Gasteiger partial charge in [-0.05, 0) is 36.1 Å². The Morgan fingerprint density at radius 1 is 1.41 bits per heavy atom. The fourth-order valence-electron chi connectivity index (χ4n) is 1.72. The number of aryl methyl sites for hydroxylation is 1. The molecule has 0 spiro atoms. The molecule has 0 saturated carbocycles. The zero-order valence-corrected chi connectivity index (χ0v) is 11.0. The summed E-state index contributed by atoms with van der Waals surface area (Å²) in [6.07, 6.45) is 1.44. The molecular weight excluding hydrogens is 214 g/mol. The van der Waals surface area contributed by atoms with Crippen molar-refractivity contribution in [1.29, 1.82) is 0 Å². The van der Waals surface area contributed by atoms with Gasteiger partial charge in [-0.3, -0.25) is 4.79 Å². The molecule has 1 amide bonds. The van der Waals surface area contributed by atoms with Crippen molar-refractivity contribution >= 4 is 11.6 Å². The third-order valence-electron chi connectivity index (χ3n) is 2.54. The summed E-state index contributed by atoms with van der Waals surface area (Å²) in [6.45, 7) is 6.13. The molecule has 1 aromatic rings. The number of amides is 1. The highest BCUT2D eigenvalue weighted by atomic mass is 16.5. The molecule has 3 nitrogen and oxygen atoms in total. The first-order valence-electron chi connectivity index (χ1n) is 6.03. The van der Waals surface area contributed by atoms with Gasteiger partial charge in [-0.1, -0.05) is 20.8 Å². The van der Waals surface area contributed by atoms with Crippen LogP contribution in [0.1, 0.15) is 32.8 Å². The lowest BCUT2D eigenvalue weighted by molar-refractivity contribution is -0.116. The van der Waals surface area contributed by atoms with E-state index in [0.29, 0.717) is 12.3 Å². The number of hydrogen-bond acceptors (Lipinski definition) is 2. The SMILES string of the molecule is CCc1cc(NC(=O)CC(C)C)ccc1OC. The molecule has 1 aromatic carbocycles. The van der Waals surface area contributed by atoms with Gasteiger partial charge in [0.25, 0.3) is 0 Å². The molecule has 17 heavy (non-hydrogen) atoms. The minimum Gasteiger partial charge on any atom is -0.496 e. The van der Waals surface area contributed by atoms with Gasteiger partial charge in [0.05, 0.1) is 7.11 Å². The summed E-state index contributed by atoms with van der Waals surface area (Å²) in [7, 11) is 1.66. The highest BCUT2D eigenvalue weighted by molar-refractivity contribution is 5.91. The van der Waals surface area contributed by atoms with Gasteiger partial charge in [0.1, 0.15) is 5.75 Å². The number of carbonyl (C=O) groups is 1. The third kappa shape index (κ3) is 4.10. The average molecular weight is 235 g/mol. The van der Waals surface area contributed by atoms with Crippen LogP contribution < -0.4 is 10.1 Å². The smallest absolute Gasteiger partial charge is 0.224 e. The zero-order valence-electron chi connectivity index (χ0n) is 11.0. The van der Waals surface area contributed by atoms with Gasteiger partial charge < -0.3 is 10.1 Å². The van der Waals surface area contributed by atoms with Crippen molar-refractivity contribution in [3.63, 3.8) is 0 Å². The lowest BCUT2D eigenvalue weighted by Gasteiger charge is -2.11. The average Bonchev–Trinajstić information content (AvgIpc) is 2.27. The molecule has 1 rings (SSSR count). The van der Waals surface area contributed by atoms with Crippen LogP contribution in [0.2, 0.25) is 0 Å². The second-order valence-electron chi connectivity index (χ2n) is 4.53. The molecule has 0 atom stereocenters. The predicted octanol–water partition coefficient (Wildman–Crippen LogP) is 3.24. The Bertz CT molecular complexity index is 386. The van der Waals surface area contributed by atoms with Crippen LogP contribution in [0.4, 0.5) is 5.69 Å². The molecule has 3 heteroatoms. The monoisotopic (exact) mass is 235 g/mol. The van der Waals surface area contributed by atoms with E-state index in [1.54, 1.807) is 7.11 Å². The van der Waals surface area contributed by atoms with Crippen molar-refractivity contribution in [3.8, 4) is 5.75 Å². The van der Waals surface area contributed by atoms with Crippen LogP contribution in [0.25, 0.3) is 0 Å². The zero-order chi connectivity index (χ0) is 12.8. The maximum atomic E-state index is 11.6. The van der Waals surface area contributed by atoms with Gasteiger partial charge in [-0.2, -0.15) is 0 Å². The molecule has 0 radical (unpaired) electrons. The van der Waals surface area contributed by atoms with Gasteiger partial charge in [-0.25, -0.2) is 0 Å². The van der Waals surface area contributed by atoms with Crippen molar-refractivity contribution in [3.05, 3.63) is 23.8 Å². The van der Waals surface area contributed by atoms with Gasteiger partial charge in [0.15, 0.2) is 0 Å². The van der Waals surface area contributed by atoms with Crippen molar-refractivity contribution in [2.45, 2.75) is 33.6 Å². The van der Waals surface area contributed by atoms with E-state index in [4.69, 9.17) is 4.74 Å². The number of hydrogen-bond donors (Lipinski definition) is 1. The molecule has 0 fully saturated rings. The second kappa shape index (κ2) is 6.28. The molecule has 0 aromatic heterocycles.